The summed E-state index contributed by atoms with van der Waals surface area (Å²) in [5, 5.41) is 9.28. The molecule has 7 heteroatoms. The summed E-state index contributed by atoms with van der Waals surface area (Å²) in [6, 6.07) is 8.76. The number of rotatable bonds is 3. The van der Waals surface area contributed by atoms with Crippen molar-refractivity contribution in [3.63, 3.8) is 0 Å². The summed E-state index contributed by atoms with van der Waals surface area (Å²) in [6.45, 7) is 3.44. The van der Waals surface area contributed by atoms with Crippen LogP contribution in [-0.4, -0.2) is 23.3 Å². The first-order valence-electron chi connectivity index (χ1n) is 8.30. The van der Waals surface area contributed by atoms with Crippen molar-refractivity contribution in [2.75, 3.05) is 6.54 Å². The van der Waals surface area contributed by atoms with Crippen molar-refractivity contribution in [2.24, 2.45) is 0 Å². The van der Waals surface area contributed by atoms with Crippen LogP contribution in [0.5, 0.6) is 0 Å². The molecule has 1 aliphatic heterocycles. The van der Waals surface area contributed by atoms with Crippen LogP contribution < -0.4 is 0 Å². The maximum absolute atomic E-state index is 12.6. The molecular formula is C20H14N2O5. The van der Waals surface area contributed by atoms with Crippen LogP contribution in [0.1, 0.15) is 19.6 Å². The number of carbonyl (C=O) groups excluding carboxylic acids is 2. The summed E-state index contributed by atoms with van der Waals surface area (Å²) >= 11 is 0. The van der Waals surface area contributed by atoms with Crippen molar-refractivity contribution >= 4 is 29.1 Å². The molecule has 0 bridgehead atoms. The minimum atomic E-state index is -0.573. The lowest BCUT2D eigenvalue weighted by atomic mass is 9.95. The Balaban J connectivity index is 1.77. The zero-order valence-corrected chi connectivity index (χ0v) is 14.6. The van der Waals surface area contributed by atoms with E-state index in [4.69, 9.17) is 13.3 Å². The quantitative estimate of drug-likeness (QED) is 0.517. The molecule has 3 aromatic heterocycles. The lowest BCUT2D eigenvalue weighted by molar-refractivity contribution is -0.140. The fourth-order valence-corrected chi connectivity index (χ4v) is 3.02. The number of nitriles is 1. The van der Waals surface area contributed by atoms with Gasteiger partial charge in [0.05, 0.1) is 6.26 Å². The molecule has 0 atom stereocenters. The van der Waals surface area contributed by atoms with E-state index in [1.807, 2.05) is 6.07 Å². The van der Waals surface area contributed by atoms with E-state index in [9.17, 15) is 14.9 Å². The highest BCUT2D eigenvalue weighted by Gasteiger charge is 2.34. The minimum absolute atomic E-state index is 0.0435. The lowest BCUT2D eigenvalue weighted by Gasteiger charge is -2.25. The summed E-state index contributed by atoms with van der Waals surface area (Å²) in [4.78, 5) is 25.9. The molecule has 0 saturated heterocycles. The van der Waals surface area contributed by atoms with E-state index in [0.29, 0.717) is 34.0 Å². The smallest absolute Gasteiger partial charge is 0.271 e. The highest BCUT2D eigenvalue weighted by molar-refractivity contribution is 6.19. The van der Waals surface area contributed by atoms with Crippen LogP contribution >= 0.6 is 0 Å². The number of fused-ring (bicyclic) bond motifs is 1. The van der Waals surface area contributed by atoms with E-state index in [1.54, 1.807) is 44.4 Å². The summed E-state index contributed by atoms with van der Waals surface area (Å²) in [7, 11) is 0. The van der Waals surface area contributed by atoms with Crippen LogP contribution in [0.4, 0.5) is 0 Å². The van der Waals surface area contributed by atoms with Crippen molar-refractivity contribution < 1.29 is 22.8 Å². The molecule has 0 radical (unpaired) electrons. The fraction of sp³-hybridized carbons (Fsp3) is 0.150. The number of amides is 2. The van der Waals surface area contributed by atoms with E-state index in [2.05, 4.69) is 0 Å². The van der Waals surface area contributed by atoms with Gasteiger partial charge < -0.3 is 13.3 Å². The number of furan rings is 3. The van der Waals surface area contributed by atoms with E-state index in [0.717, 1.165) is 4.90 Å². The first-order chi connectivity index (χ1) is 13.0. The number of likely N-dealkylation sites (N-methyl/N-ethyl adjacent to an activating group) is 1. The van der Waals surface area contributed by atoms with Gasteiger partial charge in [-0.05, 0) is 37.6 Å². The highest BCUT2D eigenvalue weighted by Crippen LogP contribution is 2.32. The topological polar surface area (TPSA) is 101 Å². The molecule has 0 aromatic carbocycles. The van der Waals surface area contributed by atoms with Crippen LogP contribution in [0.15, 0.2) is 60.5 Å². The SMILES string of the molecule is CCN1C(=O)C(C#N)=C(C)/C(=C/c2cc3oc(-c4ccco4)cc3o2)C1=O. The second-order valence-electron chi connectivity index (χ2n) is 5.99. The number of hydrogen-bond acceptors (Lipinski definition) is 6. The summed E-state index contributed by atoms with van der Waals surface area (Å²) in [5.41, 5.74) is 1.54. The Morgan fingerprint density at radius 2 is 1.93 bits per heavy atom. The van der Waals surface area contributed by atoms with Crippen LogP contribution in [0, 0.1) is 11.3 Å². The predicted molar refractivity (Wildman–Crippen MR) is 94.9 cm³/mol. The summed E-state index contributed by atoms with van der Waals surface area (Å²) in [6.07, 6.45) is 3.07. The van der Waals surface area contributed by atoms with E-state index in [-0.39, 0.29) is 17.7 Å². The number of hydrogen-bond donors (Lipinski definition) is 0. The van der Waals surface area contributed by atoms with Crippen LogP contribution in [-0.2, 0) is 9.59 Å². The molecule has 27 heavy (non-hydrogen) atoms. The van der Waals surface area contributed by atoms with Gasteiger partial charge in [-0.2, -0.15) is 5.26 Å². The van der Waals surface area contributed by atoms with Crippen molar-refractivity contribution in [1.82, 2.24) is 4.90 Å². The molecular weight excluding hydrogens is 348 g/mol. The van der Waals surface area contributed by atoms with Gasteiger partial charge in [-0.15, -0.1) is 0 Å². The van der Waals surface area contributed by atoms with Gasteiger partial charge in [-0.3, -0.25) is 14.5 Å². The minimum Gasteiger partial charge on any atom is -0.461 e. The average molecular weight is 362 g/mol. The van der Waals surface area contributed by atoms with Gasteiger partial charge >= 0.3 is 0 Å². The van der Waals surface area contributed by atoms with E-state index in [1.165, 1.54) is 6.08 Å². The second kappa shape index (κ2) is 6.18. The molecule has 2 amide bonds. The maximum atomic E-state index is 12.6. The average Bonchev–Trinajstić information content (AvgIpc) is 3.35. The Morgan fingerprint density at radius 3 is 2.56 bits per heavy atom. The molecule has 1 aliphatic rings. The van der Waals surface area contributed by atoms with Crippen molar-refractivity contribution in [3.8, 4) is 17.6 Å². The number of nitrogens with zero attached hydrogens (tertiary/aromatic N) is 2. The van der Waals surface area contributed by atoms with Gasteiger partial charge in [0.2, 0.25) is 0 Å². The Kier molecular flexibility index (Phi) is 3.81. The van der Waals surface area contributed by atoms with Gasteiger partial charge in [-0.1, -0.05) is 0 Å². The predicted octanol–water partition coefficient (Wildman–Crippen LogP) is 3.90. The van der Waals surface area contributed by atoms with Crippen molar-refractivity contribution in [1.29, 1.82) is 5.26 Å². The largest absolute Gasteiger partial charge is 0.461 e. The molecule has 0 unspecified atom stereocenters. The molecule has 4 heterocycles. The highest BCUT2D eigenvalue weighted by atomic mass is 16.4. The van der Waals surface area contributed by atoms with Crippen molar-refractivity contribution in [3.05, 3.63) is 53.0 Å². The maximum Gasteiger partial charge on any atom is 0.271 e. The van der Waals surface area contributed by atoms with Gasteiger partial charge in [0.25, 0.3) is 11.8 Å². The zero-order valence-electron chi connectivity index (χ0n) is 14.6. The lowest BCUT2D eigenvalue weighted by Crippen LogP contribution is -2.42. The van der Waals surface area contributed by atoms with Crippen LogP contribution in [0.2, 0.25) is 0 Å². The molecule has 0 N–H and O–H groups in total. The van der Waals surface area contributed by atoms with Gasteiger partial charge in [-0.25, -0.2) is 0 Å². The second-order valence-corrected chi connectivity index (χ2v) is 5.99. The third-order valence-electron chi connectivity index (χ3n) is 4.42. The third-order valence-corrected chi connectivity index (χ3v) is 4.42. The molecule has 0 fully saturated rings. The molecule has 3 aromatic rings. The monoisotopic (exact) mass is 362 g/mol. The Hall–Kier alpha value is -3.79. The number of imide groups is 1. The fourth-order valence-electron chi connectivity index (χ4n) is 3.02. The first kappa shape index (κ1) is 16.7. The van der Waals surface area contributed by atoms with Crippen molar-refractivity contribution in [2.45, 2.75) is 13.8 Å². The standard InChI is InChI=1S/C20H14N2O5/c1-3-22-19(23)13(11(2)14(10-21)20(22)24)7-12-8-16-18(26-12)9-17(27-16)15-5-4-6-25-15/h4-9H,3H2,1-2H3/b13-7-. The molecule has 4 rings (SSSR count). The van der Waals surface area contributed by atoms with Gasteiger partial charge in [0.15, 0.2) is 22.7 Å². The Labute approximate surface area is 153 Å². The van der Waals surface area contributed by atoms with E-state index < -0.39 is 11.8 Å². The Morgan fingerprint density at radius 1 is 1.15 bits per heavy atom. The third kappa shape index (κ3) is 2.59. The number of carbonyl (C=O) groups is 2. The molecule has 7 nitrogen and oxygen atoms in total. The van der Waals surface area contributed by atoms with Gasteiger partial charge in [0, 0.05) is 24.3 Å². The normalized spacial score (nSPS) is 16.6. The molecule has 0 spiro atoms. The van der Waals surface area contributed by atoms with Gasteiger partial charge in [0.1, 0.15) is 17.4 Å². The van der Waals surface area contributed by atoms with Crippen LogP contribution in [0.25, 0.3) is 28.8 Å². The summed E-state index contributed by atoms with van der Waals surface area (Å²) in [5.74, 6) is 0.477. The van der Waals surface area contributed by atoms with E-state index >= 15 is 0 Å². The zero-order chi connectivity index (χ0) is 19.1. The first-order valence-corrected chi connectivity index (χ1v) is 8.30. The molecule has 0 saturated carbocycles. The summed E-state index contributed by atoms with van der Waals surface area (Å²) < 4.78 is 16.7. The molecule has 134 valence electrons. The molecule has 0 aliphatic carbocycles. The van der Waals surface area contributed by atoms with Crippen LogP contribution in [0.3, 0.4) is 0 Å². The Bertz CT molecular complexity index is 1130.